The van der Waals surface area contributed by atoms with Gasteiger partial charge in [0.1, 0.15) is 0 Å². The lowest BCUT2D eigenvalue weighted by Gasteiger charge is -2.10. The van der Waals surface area contributed by atoms with Gasteiger partial charge in [-0.05, 0) is 19.4 Å². The molecule has 0 rings (SSSR count). The van der Waals surface area contributed by atoms with E-state index < -0.39 is 5.97 Å². The third-order valence-electron chi connectivity index (χ3n) is 3.94. The Labute approximate surface area is 125 Å². The molecule has 0 aromatic rings. The fraction of sp³-hybridized carbons (Fsp3) is 0.941. The second-order valence-electron chi connectivity index (χ2n) is 5.83. The lowest BCUT2D eigenvalue weighted by molar-refractivity contribution is -0.141. The molecule has 3 heteroatoms. The van der Waals surface area contributed by atoms with E-state index in [1.807, 2.05) is 6.92 Å². The van der Waals surface area contributed by atoms with Crippen molar-refractivity contribution in [2.45, 2.75) is 84.5 Å². The monoisotopic (exact) mass is 285 g/mol. The van der Waals surface area contributed by atoms with Crippen LogP contribution in [0.25, 0.3) is 0 Å². The third-order valence-corrected chi connectivity index (χ3v) is 3.94. The van der Waals surface area contributed by atoms with E-state index in [1.54, 1.807) is 0 Å². The summed E-state index contributed by atoms with van der Waals surface area (Å²) in [6, 6.07) is 0. The lowest BCUT2D eigenvalue weighted by atomic mass is 10.1. The molecule has 1 atom stereocenters. The average Bonchev–Trinajstić information content (AvgIpc) is 2.43. The number of rotatable bonds is 15. The van der Waals surface area contributed by atoms with Crippen LogP contribution < -0.4 is 5.32 Å². The first-order chi connectivity index (χ1) is 9.72. The Balaban J connectivity index is 3.15. The van der Waals surface area contributed by atoms with Gasteiger partial charge in [0.25, 0.3) is 0 Å². The lowest BCUT2D eigenvalue weighted by Crippen LogP contribution is -2.28. The molecule has 0 aliphatic rings. The molecule has 0 aliphatic carbocycles. The standard InChI is InChI=1S/C17H35NO2/c1-3-5-6-7-8-9-10-11-12-13-14-18-15-16(4-2)17(19)20/h16,18H,3-15H2,1-2H3,(H,19,20). The highest BCUT2D eigenvalue weighted by molar-refractivity contribution is 5.70. The van der Waals surface area contributed by atoms with Crippen LogP contribution in [0.15, 0.2) is 0 Å². The summed E-state index contributed by atoms with van der Waals surface area (Å²) >= 11 is 0. The molecule has 0 fully saturated rings. The van der Waals surface area contributed by atoms with Gasteiger partial charge in [-0.3, -0.25) is 4.79 Å². The number of carbonyl (C=O) groups is 1. The Kier molecular flexibility index (Phi) is 14.4. The molecule has 0 amide bonds. The van der Waals surface area contributed by atoms with Crippen LogP contribution in [0.5, 0.6) is 0 Å². The zero-order chi connectivity index (χ0) is 15.1. The molecule has 0 aromatic carbocycles. The van der Waals surface area contributed by atoms with Crippen molar-refractivity contribution in [3.63, 3.8) is 0 Å². The Morgan fingerprint density at radius 1 is 0.900 bits per heavy atom. The summed E-state index contributed by atoms with van der Waals surface area (Å²) in [6.07, 6.45) is 14.1. The minimum atomic E-state index is -0.678. The van der Waals surface area contributed by atoms with Gasteiger partial charge in [0.2, 0.25) is 0 Å². The molecular weight excluding hydrogens is 250 g/mol. The topological polar surface area (TPSA) is 49.3 Å². The molecule has 0 aliphatic heterocycles. The highest BCUT2D eigenvalue weighted by Crippen LogP contribution is 2.10. The predicted octanol–water partition coefficient (Wildman–Crippen LogP) is 4.61. The fourth-order valence-electron chi connectivity index (χ4n) is 2.42. The van der Waals surface area contributed by atoms with Gasteiger partial charge in [0.05, 0.1) is 5.92 Å². The first-order valence-electron chi connectivity index (χ1n) is 8.65. The first-order valence-corrected chi connectivity index (χ1v) is 8.65. The van der Waals surface area contributed by atoms with Gasteiger partial charge >= 0.3 is 5.97 Å². The number of hydrogen-bond acceptors (Lipinski definition) is 2. The Hall–Kier alpha value is -0.570. The van der Waals surface area contributed by atoms with Gasteiger partial charge in [-0.15, -0.1) is 0 Å². The molecule has 1 unspecified atom stereocenters. The van der Waals surface area contributed by atoms with Crippen molar-refractivity contribution >= 4 is 5.97 Å². The Bertz CT molecular complexity index is 219. The quantitative estimate of drug-likeness (QED) is 0.432. The van der Waals surface area contributed by atoms with E-state index in [-0.39, 0.29) is 5.92 Å². The minimum absolute atomic E-state index is 0.224. The normalized spacial score (nSPS) is 12.5. The number of carboxylic acids is 1. The number of aliphatic carboxylic acids is 1. The SMILES string of the molecule is CCCCCCCCCCCCNCC(CC)C(=O)O. The van der Waals surface area contributed by atoms with Gasteiger partial charge in [0.15, 0.2) is 0 Å². The minimum Gasteiger partial charge on any atom is -0.481 e. The summed E-state index contributed by atoms with van der Waals surface area (Å²) in [4.78, 5) is 10.8. The smallest absolute Gasteiger partial charge is 0.307 e. The molecule has 0 spiro atoms. The van der Waals surface area contributed by atoms with E-state index in [4.69, 9.17) is 5.11 Å². The summed E-state index contributed by atoms with van der Waals surface area (Å²) < 4.78 is 0. The summed E-state index contributed by atoms with van der Waals surface area (Å²) in [5, 5.41) is 12.2. The molecule has 0 bridgehead atoms. The molecule has 2 N–H and O–H groups in total. The van der Waals surface area contributed by atoms with Crippen molar-refractivity contribution in [2.75, 3.05) is 13.1 Å². The van der Waals surface area contributed by atoms with Crippen LogP contribution >= 0.6 is 0 Å². The van der Waals surface area contributed by atoms with Crippen molar-refractivity contribution in [1.29, 1.82) is 0 Å². The molecule has 0 saturated heterocycles. The van der Waals surface area contributed by atoms with Crippen LogP contribution in [0, 0.1) is 5.92 Å². The summed E-state index contributed by atoms with van der Waals surface area (Å²) in [7, 11) is 0. The van der Waals surface area contributed by atoms with Crippen LogP contribution in [-0.2, 0) is 4.79 Å². The number of carboxylic acid groups (broad SMARTS) is 1. The van der Waals surface area contributed by atoms with Gasteiger partial charge in [-0.1, -0.05) is 71.6 Å². The van der Waals surface area contributed by atoms with Crippen LogP contribution in [-0.4, -0.2) is 24.2 Å². The molecule has 120 valence electrons. The molecule has 0 radical (unpaired) electrons. The van der Waals surface area contributed by atoms with E-state index in [9.17, 15) is 4.79 Å². The van der Waals surface area contributed by atoms with Gasteiger partial charge in [0, 0.05) is 6.54 Å². The molecule has 3 nitrogen and oxygen atoms in total. The van der Waals surface area contributed by atoms with Gasteiger partial charge < -0.3 is 10.4 Å². The highest BCUT2D eigenvalue weighted by Gasteiger charge is 2.13. The highest BCUT2D eigenvalue weighted by atomic mass is 16.4. The number of unbranched alkanes of at least 4 members (excludes halogenated alkanes) is 9. The van der Waals surface area contributed by atoms with E-state index in [0.717, 1.165) is 6.54 Å². The van der Waals surface area contributed by atoms with E-state index in [1.165, 1.54) is 64.2 Å². The maximum Gasteiger partial charge on any atom is 0.307 e. The molecule has 0 heterocycles. The van der Waals surface area contributed by atoms with Crippen molar-refractivity contribution in [2.24, 2.45) is 5.92 Å². The average molecular weight is 285 g/mol. The fourth-order valence-corrected chi connectivity index (χ4v) is 2.42. The van der Waals surface area contributed by atoms with Crippen LogP contribution in [0.1, 0.15) is 84.5 Å². The third kappa shape index (κ3) is 12.5. The van der Waals surface area contributed by atoms with Crippen molar-refractivity contribution in [3.05, 3.63) is 0 Å². The van der Waals surface area contributed by atoms with Crippen LogP contribution in [0.4, 0.5) is 0 Å². The maximum atomic E-state index is 10.8. The number of hydrogen-bond donors (Lipinski definition) is 2. The van der Waals surface area contributed by atoms with E-state index in [0.29, 0.717) is 13.0 Å². The maximum absolute atomic E-state index is 10.8. The van der Waals surface area contributed by atoms with Crippen molar-refractivity contribution in [3.8, 4) is 0 Å². The molecule has 0 saturated carbocycles. The van der Waals surface area contributed by atoms with E-state index in [2.05, 4.69) is 12.2 Å². The van der Waals surface area contributed by atoms with Gasteiger partial charge in [-0.25, -0.2) is 0 Å². The predicted molar refractivity (Wildman–Crippen MR) is 86.1 cm³/mol. The zero-order valence-electron chi connectivity index (χ0n) is 13.6. The van der Waals surface area contributed by atoms with Crippen LogP contribution in [0.3, 0.4) is 0 Å². The Morgan fingerprint density at radius 3 is 1.85 bits per heavy atom. The first kappa shape index (κ1) is 19.4. The largest absolute Gasteiger partial charge is 0.481 e. The second kappa shape index (κ2) is 14.8. The molecular formula is C17H35NO2. The molecule has 0 aromatic heterocycles. The van der Waals surface area contributed by atoms with Crippen molar-refractivity contribution in [1.82, 2.24) is 5.32 Å². The summed E-state index contributed by atoms with van der Waals surface area (Å²) in [5.41, 5.74) is 0. The van der Waals surface area contributed by atoms with Gasteiger partial charge in [-0.2, -0.15) is 0 Å². The second-order valence-corrected chi connectivity index (χ2v) is 5.83. The molecule has 20 heavy (non-hydrogen) atoms. The zero-order valence-corrected chi connectivity index (χ0v) is 13.6. The van der Waals surface area contributed by atoms with Crippen molar-refractivity contribution < 1.29 is 9.90 Å². The summed E-state index contributed by atoms with van der Waals surface area (Å²) in [6.45, 7) is 5.76. The summed E-state index contributed by atoms with van der Waals surface area (Å²) in [5.74, 6) is -0.902. The Morgan fingerprint density at radius 2 is 1.40 bits per heavy atom. The number of nitrogens with one attached hydrogen (secondary N) is 1. The van der Waals surface area contributed by atoms with Crippen LogP contribution in [0.2, 0.25) is 0 Å². The van der Waals surface area contributed by atoms with E-state index >= 15 is 0 Å².